The van der Waals surface area contributed by atoms with Crippen molar-refractivity contribution in [2.75, 3.05) is 25.0 Å². The summed E-state index contributed by atoms with van der Waals surface area (Å²) in [6.07, 6.45) is -3.18. The highest BCUT2D eigenvalue weighted by Gasteiger charge is 2.35. The van der Waals surface area contributed by atoms with Crippen LogP contribution in [0, 0.1) is 5.92 Å². The first-order valence-corrected chi connectivity index (χ1v) is 12.0. The van der Waals surface area contributed by atoms with Gasteiger partial charge >= 0.3 is 6.18 Å². The number of allylic oxidation sites excluding steroid dienone is 1. The summed E-state index contributed by atoms with van der Waals surface area (Å²) in [4.78, 5) is 23.0. The van der Waals surface area contributed by atoms with Gasteiger partial charge in [0.25, 0.3) is 5.91 Å². The minimum Gasteiger partial charge on any atom is -0.362 e. The Morgan fingerprint density at radius 2 is 1.94 bits per heavy atom. The van der Waals surface area contributed by atoms with Crippen molar-refractivity contribution in [3.05, 3.63) is 75.8 Å². The molecule has 2 atom stereocenters. The van der Waals surface area contributed by atoms with Crippen LogP contribution in [0.25, 0.3) is 0 Å². The minimum absolute atomic E-state index is 0.0308. The number of alkyl halides is 3. The zero-order chi connectivity index (χ0) is 26.0. The highest BCUT2D eigenvalue weighted by molar-refractivity contribution is 7.80. The van der Waals surface area contributed by atoms with E-state index in [0.29, 0.717) is 32.6 Å². The normalized spacial score (nSPS) is 19.7. The quantitative estimate of drug-likeness (QED) is 0.534. The molecule has 0 saturated carbocycles. The average Bonchev–Trinajstić information content (AvgIpc) is 2.93. The van der Waals surface area contributed by atoms with Crippen molar-refractivity contribution in [1.29, 1.82) is 0 Å². The molecule has 0 radical (unpaired) electrons. The van der Waals surface area contributed by atoms with E-state index in [0.717, 1.165) is 6.08 Å². The minimum atomic E-state index is -4.48. The van der Waals surface area contributed by atoms with E-state index >= 15 is 0 Å². The van der Waals surface area contributed by atoms with Crippen LogP contribution in [0.1, 0.15) is 11.1 Å². The van der Waals surface area contributed by atoms with Crippen LogP contribution >= 0.6 is 35.4 Å². The average molecular weight is 554 g/mol. The molecule has 2 unspecified atom stereocenters. The van der Waals surface area contributed by atoms with Gasteiger partial charge in [-0.3, -0.25) is 9.79 Å². The Kier molecular flexibility index (Phi) is 7.67. The van der Waals surface area contributed by atoms with Crippen molar-refractivity contribution in [3.63, 3.8) is 0 Å². The molecule has 0 spiro atoms. The lowest BCUT2D eigenvalue weighted by molar-refractivity contribution is -0.119. The van der Waals surface area contributed by atoms with E-state index in [1.807, 2.05) is 6.07 Å². The Morgan fingerprint density at radius 3 is 2.61 bits per heavy atom. The van der Waals surface area contributed by atoms with Gasteiger partial charge < -0.3 is 15.5 Å². The molecular weight excluding hydrogens is 534 g/mol. The van der Waals surface area contributed by atoms with Gasteiger partial charge in [0, 0.05) is 47.2 Å². The first-order valence-electron chi connectivity index (χ1n) is 10.8. The molecule has 36 heavy (non-hydrogen) atoms. The van der Waals surface area contributed by atoms with Crippen molar-refractivity contribution < 1.29 is 18.0 Å². The second kappa shape index (κ2) is 10.6. The number of amides is 1. The maximum Gasteiger partial charge on any atom is 0.432 e. The van der Waals surface area contributed by atoms with Crippen LogP contribution in [-0.2, 0) is 4.79 Å². The van der Waals surface area contributed by atoms with Crippen LogP contribution in [0.4, 0.5) is 18.9 Å². The molecule has 12 heteroatoms. The molecule has 2 aliphatic rings. The molecule has 2 aromatic carbocycles. The van der Waals surface area contributed by atoms with Crippen molar-refractivity contribution in [3.8, 4) is 0 Å². The number of hydrogen-bond acceptors (Lipinski definition) is 4. The number of benzodiazepines with no additional fused rings is 1. The fourth-order valence-electron chi connectivity index (χ4n) is 3.78. The lowest BCUT2D eigenvalue weighted by Gasteiger charge is -2.23. The molecule has 2 aromatic rings. The summed E-state index contributed by atoms with van der Waals surface area (Å²) in [5, 5.41) is 6.87. The molecule has 4 rings (SSSR count). The van der Waals surface area contributed by atoms with Crippen LogP contribution in [0.2, 0.25) is 10.0 Å². The monoisotopic (exact) mass is 553 g/mol. The number of carbonyl (C=O) groups excluding carboxylic acids is 1. The van der Waals surface area contributed by atoms with E-state index < -0.39 is 18.1 Å². The molecule has 0 saturated heterocycles. The van der Waals surface area contributed by atoms with Crippen LogP contribution < -0.4 is 15.5 Å². The molecule has 6 nitrogen and oxygen atoms in total. The van der Waals surface area contributed by atoms with Gasteiger partial charge in [-0.1, -0.05) is 47.5 Å². The van der Waals surface area contributed by atoms with Gasteiger partial charge in [0.15, 0.2) is 5.11 Å². The maximum absolute atomic E-state index is 13.3. The van der Waals surface area contributed by atoms with Gasteiger partial charge in [0.05, 0.1) is 11.4 Å². The highest BCUT2D eigenvalue weighted by Crippen LogP contribution is 2.31. The summed E-state index contributed by atoms with van der Waals surface area (Å²) in [5.74, 6) is -0.668. The summed E-state index contributed by atoms with van der Waals surface area (Å²) in [6, 6.07) is 12.2. The van der Waals surface area contributed by atoms with Crippen LogP contribution in [0.5, 0.6) is 0 Å². The largest absolute Gasteiger partial charge is 0.432 e. The Bertz CT molecular complexity index is 1290. The van der Waals surface area contributed by atoms with Crippen molar-refractivity contribution in [1.82, 2.24) is 10.6 Å². The summed E-state index contributed by atoms with van der Waals surface area (Å²) in [5.41, 5.74) is 1.38. The molecule has 0 bridgehead atoms. The SMILES string of the molecule is CN1C(=O)C(NC(=S)NCC2C=CC(C(F)(F)F)=NC2)N=C(c2ccccc2Cl)c2cc(Cl)ccc21. The predicted octanol–water partition coefficient (Wildman–Crippen LogP) is 4.79. The van der Waals surface area contributed by atoms with E-state index in [-0.39, 0.29) is 30.0 Å². The van der Waals surface area contributed by atoms with Crippen molar-refractivity contribution >= 4 is 63.6 Å². The first kappa shape index (κ1) is 26.1. The second-order valence-electron chi connectivity index (χ2n) is 8.12. The standard InChI is InChI=1S/C24H20Cl2F3N5OS/c1-34-18-8-7-14(25)10-16(18)20(15-4-2-3-5-17(15)26)32-21(22(34)35)33-23(36)31-12-13-6-9-19(30-11-13)24(27,28)29/h2-10,13,21H,11-12H2,1H3,(H2,31,33,36). The Morgan fingerprint density at radius 1 is 1.19 bits per heavy atom. The Balaban J connectivity index is 1.55. The fraction of sp³-hybridized carbons (Fsp3) is 0.250. The first-order chi connectivity index (χ1) is 17.0. The number of hydrogen-bond donors (Lipinski definition) is 2. The Labute approximate surface area is 220 Å². The van der Waals surface area contributed by atoms with Crippen LogP contribution in [0.3, 0.4) is 0 Å². The lowest BCUT2D eigenvalue weighted by atomic mass is 10.00. The summed E-state index contributed by atoms with van der Waals surface area (Å²) >= 11 is 18.1. The van der Waals surface area contributed by atoms with Gasteiger partial charge in [-0.05, 0) is 42.6 Å². The third-order valence-corrected chi connectivity index (χ3v) is 6.46. The lowest BCUT2D eigenvalue weighted by Crippen LogP contribution is -2.50. The molecule has 0 fully saturated rings. The zero-order valence-corrected chi connectivity index (χ0v) is 21.1. The van der Waals surface area contributed by atoms with Gasteiger partial charge in [0.1, 0.15) is 5.71 Å². The molecule has 0 aliphatic carbocycles. The van der Waals surface area contributed by atoms with Crippen molar-refractivity contribution in [2.24, 2.45) is 15.9 Å². The molecule has 0 aromatic heterocycles. The van der Waals surface area contributed by atoms with E-state index in [1.165, 1.54) is 11.0 Å². The number of nitrogens with zero attached hydrogens (tertiary/aromatic N) is 3. The third-order valence-electron chi connectivity index (χ3n) is 5.63. The number of benzene rings is 2. The Hall–Kier alpha value is -2.95. The van der Waals surface area contributed by atoms with E-state index in [4.69, 9.17) is 35.4 Å². The number of anilines is 1. The molecule has 2 aliphatic heterocycles. The van der Waals surface area contributed by atoms with Gasteiger partial charge in [-0.2, -0.15) is 13.2 Å². The number of aliphatic imine (C=N–C) groups is 2. The predicted molar refractivity (Wildman–Crippen MR) is 140 cm³/mol. The molecule has 188 valence electrons. The van der Waals surface area contributed by atoms with Gasteiger partial charge in [-0.15, -0.1) is 0 Å². The topological polar surface area (TPSA) is 69.1 Å². The zero-order valence-electron chi connectivity index (χ0n) is 18.8. The molecule has 1 amide bonds. The number of dihydropyridines is 1. The van der Waals surface area contributed by atoms with Crippen LogP contribution in [0.15, 0.2) is 64.6 Å². The van der Waals surface area contributed by atoms with Gasteiger partial charge in [-0.25, -0.2) is 4.99 Å². The van der Waals surface area contributed by atoms with Crippen LogP contribution in [-0.4, -0.2) is 54.9 Å². The van der Waals surface area contributed by atoms with E-state index in [2.05, 4.69) is 20.6 Å². The third kappa shape index (κ3) is 5.71. The molecule has 2 heterocycles. The number of rotatable bonds is 4. The number of likely N-dealkylation sites (N-methyl/N-ethyl adjacent to an activating group) is 1. The number of thiocarbonyl (C=S) groups is 1. The van der Waals surface area contributed by atoms with E-state index in [9.17, 15) is 18.0 Å². The number of halogens is 5. The van der Waals surface area contributed by atoms with Crippen molar-refractivity contribution in [2.45, 2.75) is 12.3 Å². The summed E-state index contributed by atoms with van der Waals surface area (Å²) < 4.78 is 38.3. The van der Waals surface area contributed by atoms with Gasteiger partial charge in [0.2, 0.25) is 6.17 Å². The summed E-state index contributed by atoms with van der Waals surface area (Å²) in [7, 11) is 1.62. The number of nitrogens with one attached hydrogen (secondary N) is 2. The number of fused-ring (bicyclic) bond motifs is 1. The maximum atomic E-state index is 13.3. The highest BCUT2D eigenvalue weighted by atomic mass is 35.5. The molecule has 2 N–H and O–H groups in total. The fourth-order valence-corrected chi connectivity index (χ4v) is 4.37. The smallest absolute Gasteiger partial charge is 0.362 e. The summed E-state index contributed by atoms with van der Waals surface area (Å²) in [6.45, 7) is 0.196. The second-order valence-corrected chi connectivity index (χ2v) is 9.37. The van der Waals surface area contributed by atoms with E-state index in [1.54, 1.807) is 43.4 Å². The number of carbonyl (C=O) groups is 1. The molecular formula is C24H20Cl2F3N5OS.